The van der Waals surface area contributed by atoms with Crippen LogP contribution in [0.2, 0.25) is 0 Å². The van der Waals surface area contributed by atoms with E-state index in [1.165, 1.54) is 0 Å². The minimum absolute atomic E-state index is 0.0559. The molecule has 2 amide bonds. The van der Waals surface area contributed by atoms with Crippen LogP contribution >= 0.6 is 0 Å². The van der Waals surface area contributed by atoms with Crippen molar-refractivity contribution in [2.45, 2.75) is 57.5 Å². The van der Waals surface area contributed by atoms with Gasteiger partial charge in [0.05, 0.1) is 5.92 Å². The van der Waals surface area contributed by atoms with Gasteiger partial charge in [0.2, 0.25) is 5.91 Å². The maximum atomic E-state index is 12.9. The molecule has 180 valence electrons. The van der Waals surface area contributed by atoms with Crippen molar-refractivity contribution in [3.05, 3.63) is 59.7 Å². The first kappa shape index (κ1) is 23.8. The van der Waals surface area contributed by atoms with Crippen LogP contribution in [0.4, 0.5) is 4.79 Å². The molecule has 2 aliphatic rings. The van der Waals surface area contributed by atoms with E-state index in [2.05, 4.69) is 34.9 Å². The van der Waals surface area contributed by atoms with Crippen LogP contribution in [0, 0.1) is 11.8 Å². The summed E-state index contributed by atoms with van der Waals surface area (Å²) in [5.74, 6) is -1.78. The van der Waals surface area contributed by atoms with E-state index in [-0.39, 0.29) is 30.4 Å². The third-order valence-corrected chi connectivity index (χ3v) is 6.94. The number of carbonyl (C=O) groups is 3. The third-order valence-electron chi connectivity index (χ3n) is 6.94. The number of aliphatic carboxylic acids is 1. The molecule has 0 heterocycles. The Labute approximate surface area is 199 Å². The van der Waals surface area contributed by atoms with Gasteiger partial charge in [-0.15, -0.1) is 0 Å². The second kappa shape index (κ2) is 10.3. The first-order valence-electron chi connectivity index (χ1n) is 12.0. The molecular weight excluding hydrogens is 432 g/mol. The minimum Gasteiger partial charge on any atom is -0.481 e. The molecule has 0 spiro atoms. The maximum Gasteiger partial charge on any atom is 0.407 e. The van der Waals surface area contributed by atoms with E-state index in [4.69, 9.17) is 4.74 Å². The molecule has 7 heteroatoms. The Hall–Kier alpha value is -3.35. The standard InChI is InChI=1S/C27H32N2O5/c1-16(2)24(25(30)28-18-9-7-8-17(14-18)26(31)32)29-27(33)34-15-23-21-12-5-3-10-19(21)20-11-4-6-13-22(20)23/h3-6,10-13,16-18,23-24H,7-9,14-15H2,1-2H3,(H,28,30)(H,29,33)(H,31,32)/t17?,18?,24-/m1/s1. The van der Waals surface area contributed by atoms with E-state index >= 15 is 0 Å². The number of ether oxygens (including phenoxy) is 1. The molecule has 2 aliphatic carbocycles. The van der Waals surface area contributed by atoms with E-state index in [0.717, 1.165) is 35.1 Å². The average molecular weight is 465 g/mol. The summed E-state index contributed by atoms with van der Waals surface area (Å²) >= 11 is 0. The van der Waals surface area contributed by atoms with Gasteiger partial charge in [0.15, 0.2) is 0 Å². The van der Waals surface area contributed by atoms with Crippen molar-refractivity contribution in [2.24, 2.45) is 11.8 Å². The van der Waals surface area contributed by atoms with Crippen LogP contribution in [0.25, 0.3) is 11.1 Å². The number of carboxylic acid groups (broad SMARTS) is 1. The maximum absolute atomic E-state index is 12.9. The molecule has 0 bridgehead atoms. The van der Waals surface area contributed by atoms with Crippen molar-refractivity contribution >= 4 is 18.0 Å². The van der Waals surface area contributed by atoms with Gasteiger partial charge in [0.25, 0.3) is 0 Å². The van der Waals surface area contributed by atoms with Crippen molar-refractivity contribution in [1.82, 2.24) is 10.6 Å². The van der Waals surface area contributed by atoms with Crippen LogP contribution in [-0.4, -0.2) is 41.8 Å². The molecule has 34 heavy (non-hydrogen) atoms. The summed E-state index contributed by atoms with van der Waals surface area (Å²) in [5.41, 5.74) is 4.55. The fourth-order valence-corrected chi connectivity index (χ4v) is 5.14. The van der Waals surface area contributed by atoms with Crippen molar-refractivity contribution in [2.75, 3.05) is 6.61 Å². The van der Waals surface area contributed by atoms with E-state index in [1.807, 2.05) is 38.1 Å². The lowest BCUT2D eigenvalue weighted by Gasteiger charge is -2.30. The summed E-state index contributed by atoms with van der Waals surface area (Å²) in [5, 5.41) is 15.0. The van der Waals surface area contributed by atoms with E-state index in [9.17, 15) is 19.5 Å². The Bertz CT molecular complexity index is 1020. The van der Waals surface area contributed by atoms with Gasteiger partial charge in [-0.05, 0) is 47.4 Å². The Morgan fingerprint density at radius 1 is 1.00 bits per heavy atom. The SMILES string of the molecule is CC(C)[C@@H](NC(=O)OCC1c2ccccc2-c2ccccc21)C(=O)NC1CCCC(C(=O)O)C1. The largest absolute Gasteiger partial charge is 0.481 e. The Balaban J connectivity index is 1.36. The fourth-order valence-electron chi connectivity index (χ4n) is 5.14. The molecular formula is C27H32N2O5. The van der Waals surface area contributed by atoms with Crippen molar-refractivity contribution in [1.29, 1.82) is 0 Å². The van der Waals surface area contributed by atoms with Crippen LogP contribution in [0.3, 0.4) is 0 Å². The highest BCUT2D eigenvalue weighted by molar-refractivity contribution is 5.86. The summed E-state index contributed by atoms with van der Waals surface area (Å²) in [6, 6.07) is 15.3. The highest BCUT2D eigenvalue weighted by Crippen LogP contribution is 2.44. The Morgan fingerprint density at radius 2 is 1.62 bits per heavy atom. The molecule has 1 fully saturated rings. The topological polar surface area (TPSA) is 105 Å². The second-order valence-corrected chi connectivity index (χ2v) is 9.60. The number of nitrogens with one attached hydrogen (secondary N) is 2. The number of amides is 2. The zero-order valence-corrected chi connectivity index (χ0v) is 19.6. The predicted molar refractivity (Wildman–Crippen MR) is 128 cm³/mol. The molecule has 3 N–H and O–H groups in total. The number of carboxylic acids is 1. The summed E-state index contributed by atoms with van der Waals surface area (Å²) < 4.78 is 5.60. The molecule has 7 nitrogen and oxygen atoms in total. The van der Waals surface area contributed by atoms with Crippen LogP contribution in [0.1, 0.15) is 56.6 Å². The lowest BCUT2D eigenvalue weighted by atomic mass is 9.85. The zero-order valence-electron chi connectivity index (χ0n) is 19.6. The van der Waals surface area contributed by atoms with Gasteiger partial charge in [-0.25, -0.2) is 4.79 Å². The lowest BCUT2D eigenvalue weighted by Crippen LogP contribution is -2.53. The van der Waals surface area contributed by atoms with Crippen LogP contribution in [0.5, 0.6) is 0 Å². The Morgan fingerprint density at radius 3 is 2.21 bits per heavy atom. The number of hydrogen-bond acceptors (Lipinski definition) is 4. The quantitative estimate of drug-likeness (QED) is 0.566. The molecule has 0 radical (unpaired) electrons. The van der Waals surface area contributed by atoms with E-state index in [1.54, 1.807) is 0 Å². The van der Waals surface area contributed by atoms with Crippen molar-refractivity contribution in [3.63, 3.8) is 0 Å². The highest BCUT2D eigenvalue weighted by Gasteiger charge is 2.32. The summed E-state index contributed by atoms with van der Waals surface area (Å²) in [6.45, 7) is 3.89. The van der Waals surface area contributed by atoms with Crippen LogP contribution in [0.15, 0.2) is 48.5 Å². The van der Waals surface area contributed by atoms with Gasteiger partial charge in [-0.3, -0.25) is 9.59 Å². The average Bonchev–Trinajstić information content (AvgIpc) is 3.15. The second-order valence-electron chi connectivity index (χ2n) is 9.60. The first-order chi connectivity index (χ1) is 16.3. The molecule has 2 aromatic rings. The van der Waals surface area contributed by atoms with Gasteiger partial charge < -0.3 is 20.5 Å². The summed E-state index contributed by atoms with van der Waals surface area (Å²) in [6.07, 6.45) is 1.91. The van der Waals surface area contributed by atoms with E-state index in [0.29, 0.717) is 12.8 Å². The van der Waals surface area contributed by atoms with Gasteiger partial charge in [0.1, 0.15) is 12.6 Å². The lowest BCUT2D eigenvalue weighted by molar-refractivity contribution is -0.143. The number of hydrogen-bond donors (Lipinski definition) is 3. The first-order valence-corrected chi connectivity index (χ1v) is 12.0. The minimum atomic E-state index is -0.823. The van der Waals surface area contributed by atoms with Gasteiger partial charge >= 0.3 is 12.1 Å². The number of rotatable bonds is 7. The molecule has 0 aromatic heterocycles. The van der Waals surface area contributed by atoms with Crippen LogP contribution in [-0.2, 0) is 14.3 Å². The molecule has 2 unspecified atom stereocenters. The smallest absolute Gasteiger partial charge is 0.407 e. The fraction of sp³-hybridized carbons (Fsp3) is 0.444. The highest BCUT2D eigenvalue weighted by atomic mass is 16.5. The normalized spacial score (nSPS) is 20.2. The molecule has 1 saturated carbocycles. The van der Waals surface area contributed by atoms with Crippen LogP contribution < -0.4 is 10.6 Å². The Kier molecular flexibility index (Phi) is 7.20. The number of carbonyl (C=O) groups excluding carboxylic acids is 2. The molecule has 3 atom stereocenters. The van der Waals surface area contributed by atoms with Crippen molar-refractivity contribution in [3.8, 4) is 11.1 Å². The number of alkyl carbamates (subject to hydrolysis) is 1. The molecule has 0 aliphatic heterocycles. The van der Waals surface area contributed by atoms with E-state index < -0.39 is 24.0 Å². The predicted octanol–water partition coefficient (Wildman–Crippen LogP) is 4.31. The summed E-state index contributed by atoms with van der Waals surface area (Å²) in [4.78, 5) is 36.9. The summed E-state index contributed by atoms with van der Waals surface area (Å²) in [7, 11) is 0. The molecule has 4 rings (SSSR count). The number of fused-ring (bicyclic) bond motifs is 3. The van der Waals surface area contributed by atoms with Gasteiger partial charge in [-0.1, -0.05) is 68.8 Å². The van der Waals surface area contributed by atoms with Gasteiger partial charge in [-0.2, -0.15) is 0 Å². The monoisotopic (exact) mass is 464 g/mol. The van der Waals surface area contributed by atoms with Gasteiger partial charge in [0, 0.05) is 12.0 Å². The number of benzene rings is 2. The zero-order chi connectivity index (χ0) is 24.2. The molecule has 0 saturated heterocycles. The third kappa shape index (κ3) is 5.08. The van der Waals surface area contributed by atoms with Crippen molar-refractivity contribution < 1.29 is 24.2 Å². The molecule has 2 aromatic carbocycles.